The number of carbonyl (C=O) groups excluding carboxylic acids is 2. The molecule has 0 spiro atoms. The first-order valence-corrected chi connectivity index (χ1v) is 6.68. The number of ketones is 1. The van der Waals surface area contributed by atoms with Crippen molar-refractivity contribution in [2.24, 2.45) is 5.92 Å². The quantitative estimate of drug-likeness (QED) is 0.450. The van der Waals surface area contributed by atoms with Gasteiger partial charge in [-0.15, -0.1) is 0 Å². The Hall–Kier alpha value is -0.390. The van der Waals surface area contributed by atoms with Gasteiger partial charge in [-0.2, -0.15) is 0 Å². The standard InChI is InChI=1S/C12H17IO3/c1-16-12(15)8-10(13)7-6-9-4-2-3-5-11(9)14/h8-9H,2-7H2,1H3/b10-8-. The van der Waals surface area contributed by atoms with Gasteiger partial charge in [-0.05, 0) is 51.9 Å². The van der Waals surface area contributed by atoms with E-state index in [4.69, 9.17) is 0 Å². The molecule has 0 saturated heterocycles. The number of ether oxygens (including phenoxy) is 1. The molecule has 1 saturated carbocycles. The van der Waals surface area contributed by atoms with Gasteiger partial charge in [0.2, 0.25) is 0 Å². The molecule has 16 heavy (non-hydrogen) atoms. The maximum atomic E-state index is 11.6. The van der Waals surface area contributed by atoms with Gasteiger partial charge < -0.3 is 4.74 Å². The van der Waals surface area contributed by atoms with Gasteiger partial charge in [-0.1, -0.05) is 6.42 Å². The fourth-order valence-corrected chi connectivity index (χ4v) is 2.50. The van der Waals surface area contributed by atoms with Crippen molar-refractivity contribution < 1.29 is 14.3 Å². The highest BCUT2D eigenvalue weighted by atomic mass is 127. The summed E-state index contributed by atoms with van der Waals surface area (Å²) in [5.41, 5.74) is 0. The third-order valence-electron chi connectivity index (χ3n) is 2.89. The van der Waals surface area contributed by atoms with Gasteiger partial charge in [0.25, 0.3) is 0 Å². The molecule has 0 N–H and O–H groups in total. The number of esters is 1. The lowest BCUT2D eigenvalue weighted by molar-refractivity contribution is -0.134. The Morgan fingerprint density at radius 3 is 2.94 bits per heavy atom. The Bertz CT molecular complexity index is 297. The van der Waals surface area contributed by atoms with Crippen LogP contribution in [-0.2, 0) is 14.3 Å². The Balaban J connectivity index is 2.35. The average molecular weight is 336 g/mol. The van der Waals surface area contributed by atoms with Gasteiger partial charge >= 0.3 is 5.97 Å². The third kappa shape index (κ3) is 4.63. The predicted octanol–water partition coefficient (Wildman–Crippen LogP) is 3.02. The van der Waals surface area contributed by atoms with Gasteiger partial charge in [0.05, 0.1) is 7.11 Å². The van der Waals surface area contributed by atoms with E-state index in [0.717, 1.165) is 42.1 Å². The van der Waals surface area contributed by atoms with Crippen molar-refractivity contribution in [2.75, 3.05) is 7.11 Å². The van der Waals surface area contributed by atoms with Crippen LogP contribution in [0.25, 0.3) is 0 Å². The molecular formula is C12H17IO3. The number of rotatable bonds is 4. The summed E-state index contributed by atoms with van der Waals surface area (Å²) >= 11 is 2.13. The topological polar surface area (TPSA) is 43.4 Å². The molecule has 3 nitrogen and oxygen atoms in total. The smallest absolute Gasteiger partial charge is 0.331 e. The minimum absolute atomic E-state index is 0.213. The molecule has 0 radical (unpaired) electrons. The summed E-state index contributed by atoms with van der Waals surface area (Å²) in [4.78, 5) is 22.5. The van der Waals surface area contributed by atoms with Crippen LogP contribution in [0.5, 0.6) is 0 Å². The molecule has 0 aromatic heterocycles. The van der Waals surface area contributed by atoms with E-state index < -0.39 is 0 Å². The van der Waals surface area contributed by atoms with Crippen molar-refractivity contribution >= 4 is 34.3 Å². The zero-order chi connectivity index (χ0) is 12.0. The fourth-order valence-electron chi connectivity index (χ4n) is 1.93. The molecular weight excluding hydrogens is 319 g/mol. The number of hydrogen-bond acceptors (Lipinski definition) is 3. The summed E-state index contributed by atoms with van der Waals surface area (Å²) in [6, 6.07) is 0. The van der Waals surface area contributed by atoms with E-state index in [2.05, 4.69) is 27.3 Å². The number of halogens is 1. The maximum Gasteiger partial charge on any atom is 0.331 e. The normalized spacial score (nSPS) is 22.0. The lowest BCUT2D eigenvalue weighted by Gasteiger charge is -2.19. The van der Waals surface area contributed by atoms with E-state index in [0.29, 0.717) is 5.78 Å². The third-order valence-corrected chi connectivity index (χ3v) is 3.74. The number of Topliss-reactive ketones (excluding diaryl/α,β-unsaturated/α-hetero) is 1. The Labute approximate surface area is 110 Å². The highest BCUT2D eigenvalue weighted by molar-refractivity contribution is 14.1. The number of allylic oxidation sites excluding steroid dienone is 1. The fraction of sp³-hybridized carbons (Fsp3) is 0.667. The van der Waals surface area contributed by atoms with Crippen LogP contribution in [0, 0.1) is 5.92 Å². The summed E-state index contributed by atoms with van der Waals surface area (Å²) in [6.07, 6.45) is 7.12. The molecule has 0 amide bonds. The second-order valence-electron chi connectivity index (χ2n) is 4.06. The van der Waals surface area contributed by atoms with Crippen molar-refractivity contribution in [3.63, 3.8) is 0 Å². The van der Waals surface area contributed by atoms with E-state index in [-0.39, 0.29) is 11.9 Å². The van der Waals surface area contributed by atoms with Gasteiger partial charge in [0, 0.05) is 18.4 Å². The van der Waals surface area contributed by atoms with E-state index >= 15 is 0 Å². The zero-order valence-corrected chi connectivity index (χ0v) is 11.7. The van der Waals surface area contributed by atoms with E-state index in [9.17, 15) is 9.59 Å². The maximum absolute atomic E-state index is 11.6. The molecule has 1 fully saturated rings. The second kappa shape index (κ2) is 7.04. The largest absolute Gasteiger partial charge is 0.466 e. The van der Waals surface area contributed by atoms with Crippen LogP contribution in [0.2, 0.25) is 0 Å². The molecule has 1 aliphatic rings. The molecule has 0 heterocycles. The molecule has 0 aromatic carbocycles. The SMILES string of the molecule is COC(=O)/C=C(\I)CCC1CCCCC1=O. The minimum Gasteiger partial charge on any atom is -0.466 e. The highest BCUT2D eigenvalue weighted by Crippen LogP contribution is 2.27. The average Bonchev–Trinajstić information content (AvgIpc) is 2.28. The Kier molecular flexibility index (Phi) is 6.01. The summed E-state index contributed by atoms with van der Waals surface area (Å²) in [6.45, 7) is 0. The van der Waals surface area contributed by atoms with Gasteiger partial charge in [-0.3, -0.25) is 4.79 Å². The van der Waals surface area contributed by atoms with Gasteiger partial charge in [0.15, 0.2) is 0 Å². The molecule has 0 bridgehead atoms. The van der Waals surface area contributed by atoms with Crippen LogP contribution in [0.1, 0.15) is 38.5 Å². The predicted molar refractivity (Wildman–Crippen MR) is 70.3 cm³/mol. The molecule has 1 atom stereocenters. The van der Waals surface area contributed by atoms with E-state index in [1.165, 1.54) is 13.2 Å². The first kappa shape index (κ1) is 13.7. The van der Waals surface area contributed by atoms with Crippen LogP contribution in [0.15, 0.2) is 9.66 Å². The Morgan fingerprint density at radius 1 is 1.56 bits per heavy atom. The van der Waals surface area contributed by atoms with Crippen LogP contribution in [0.4, 0.5) is 0 Å². The van der Waals surface area contributed by atoms with Gasteiger partial charge in [-0.25, -0.2) is 4.79 Å². The molecule has 1 aliphatic carbocycles. The highest BCUT2D eigenvalue weighted by Gasteiger charge is 2.21. The van der Waals surface area contributed by atoms with E-state index in [1.54, 1.807) is 0 Å². The zero-order valence-electron chi connectivity index (χ0n) is 9.50. The molecule has 4 heteroatoms. The number of hydrogen-bond donors (Lipinski definition) is 0. The monoisotopic (exact) mass is 336 g/mol. The summed E-state index contributed by atoms with van der Waals surface area (Å²) < 4.78 is 5.51. The van der Waals surface area contributed by atoms with Crippen LogP contribution in [-0.4, -0.2) is 18.9 Å². The number of methoxy groups -OCH3 is 1. The van der Waals surface area contributed by atoms with Gasteiger partial charge in [0.1, 0.15) is 5.78 Å². The molecule has 1 rings (SSSR count). The minimum atomic E-state index is -0.320. The number of carbonyl (C=O) groups is 2. The summed E-state index contributed by atoms with van der Waals surface area (Å²) in [5, 5.41) is 0. The van der Waals surface area contributed by atoms with Crippen LogP contribution >= 0.6 is 22.6 Å². The lowest BCUT2D eigenvalue weighted by atomic mass is 9.85. The van der Waals surface area contributed by atoms with Crippen molar-refractivity contribution in [3.8, 4) is 0 Å². The van der Waals surface area contributed by atoms with Crippen molar-refractivity contribution in [3.05, 3.63) is 9.66 Å². The Morgan fingerprint density at radius 2 is 2.31 bits per heavy atom. The van der Waals surface area contributed by atoms with Crippen molar-refractivity contribution in [2.45, 2.75) is 38.5 Å². The van der Waals surface area contributed by atoms with Crippen LogP contribution < -0.4 is 0 Å². The lowest BCUT2D eigenvalue weighted by Crippen LogP contribution is -2.18. The van der Waals surface area contributed by atoms with E-state index in [1.807, 2.05) is 0 Å². The van der Waals surface area contributed by atoms with Crippen molar-refractivity contribution in [1.82, 2.24) is 0 Å². The second-order valence-corrected chi connectivity index (χ2v) is 5.45. The molecule has 1 unspecified atom stereocenters. The first-order valence-electron chi connectivity index (χ1n) is 5.60. The van der Waals surface area contributed by atoms with Crippen molar-refractivity contribution in [1.29, 1.82) is 0 Å². The first-order chi connectivity index (χ1) is 7.63. The van der Waals surface area contributed by atoms with Crippen LogP contribution in [0.3, 0.4) is 0 Å². The molecule has 0 aromatic rings. The molecule has 0 aliphatic heterocycles. The summed E-state index contributed by atoms with van der Waals surface area (Å²) in [7, 11) is 1.37. The molecule has 90 valence electrons. The summed E-state index contributed by atoms with van der Waals surface area (Å²) in [5.74, 6) is 0.289.